The molecular weight excluding hydrogens is 558 g/mol. The van der Waals surface area contributed by atoms with Crippen molar-refractivity contribution in [3.8, 4) is 28.6 Å². The van der Waals surface area contributed by atoms with Crippen LogP contribution in [0.3, 0.4) is 0 Å². The summed E-state index contributed by atoms with van der Waals surface area (Å²) in [4.78, 5) is 29.7. The summed E-state index contributed by atoms with van der Waals surface area (Å²) in [5.74, 6) is 1.80. The molecule has 0 fully saturated rings. The predicted octanol–water partition coefficient (Wildman–Crippen LogP) is 7.10. The third-order valence-electron chi connectivity index (χ3n) is 7.67. The fourth-order valence-electron chi connectivity index (χ4n) is 5.45. The van der Waals surface area contributed by atoms with Gasteiger partial charge in [-0.25, -0.2) is 4.98 Å². The monoisotopic (exact) mass is 593 g/mol. The van der Waals surface area contributed by atoms with Gasteiger partial charge in [-0.15, -0.1) is 0 Å². The second-order valence-corrected chi connectivity index (χ2v) is 10.9. The van der Waals surface area contributed by atoms with Gasteiger partial charge >= 0.3 is 0 Å². The number of para-hydroxylation sites is 1. The van der Waals surface area contributed by atoms with Gasteiger partial charge in [-0.2, -0.15) is 9.78 Å². The summed E-state index contributed by atoms with van der Waals surface area (Å²) in [6.45, 7) is 12.5. The zero-order chi connectivity index (χ0) is 31.7. The van der Waals surface area contributed by atoms with Crippen LogP contribution in [0.4, 0.5) is 5.69 Å². The Morgan fingerprint density at radius 1 is 1.05 bits per heavy atom. The molecule has 2 aromatic heterocycles. The molecule has 10 nitrogen and oxygen atoms in total. The maximum Gasteiger partial charge on any atom is 0.282 e. The number of nitro groups is 1. The van der Waals surface area contributed by atoms with E-state index in [0.29, 0.717) is 34.8 Å². The van der Waals surface area contributed by atoms with Crippen LogP contribution in [0.2, 0.25) is 0 Å². The summed E-state index contributed by atoms with van der Waals surface area (Å²) in [5.41, 5.74) is 6.07. The highest BCUT2D eigenvalue weighted by molar-refractivity contribution is 5.84. The highest BCUT2D eigenvalue weighted by Crippen LogP contribution is 2.35. The van der Waals surface area contributed by atoms with E-state index in [4.69, 9.17) is 19.6 Å². The van der Waals surface area contributed by atoms with Gasteiger partial charge in [0.05, 0.1) is 47.5 Å². The fourth-order valence-corrected chi connectivity index (χ4v) is 5.45. The van der Waals surface area contributed by atoms with Gasteiger partial charge < -0.3 is 14.0 Å². The lowest BCUT2D eigenvalue weighted by atomic mass is 9.96. The van der Waals surface area contributed by atoms with Gasteiger partial charge in [0.15, 0.2) is 5.82 Å². The summed E-state index contributed by atoms with van der Waals surface area (Å²) < 4.78 is 14.7. The molecule has 0 unspecified atom stereocenters. The Labute approximate surface area is 255 Å². The average Bonchev–Trinajstić information content (AvgIpc) is 3.28. The van der Waals surface area contributed by atoms with Crippen LogP contribution < -0.4 is 15.0 Å². The number of aromatic nitrogens is 3. The van der Waals surface area contributed by atoms with Crippen LogP contribution in [0.1, 0.15) is 54.8 Å². The minimum Gasteiger partial charge on any atom is -0.494 e. The molecule has 226 valence electrons. The third kappa shape index (κ3) is 5.46. The lowest BCUT2D eigenvalue weighted by Crippen LogP contribution is -2.21. The van der Waals surface area contributed by atoms with E-state index in [1.807, 2.05) is 68.7 Å². The summed E-state index contributed by atoms with van der Waals surface area (Å²) in [6.07, 6.45) is 1.64. The lowest BCUT2D eigenvalue weighted by molar-refractivity contribution is -0.384. The van der Waals surface area contributed by atoms with Crippen molar-refractivity contribution < 1.29 is 14.4 Å². The fraction of sp³-hybridized carbons (Fsp3) is 0.265. The van der Waals surface area contributed by atoms with Crippen molar-refractivity contribution in [3.63, 3.8) is 0 Å². The Kier molecular flexibility index (Phi) is 8.35. The van der Waals surface area contributed by atoms with Crippen LogP contribution in [0, 0.1) is 30.9 Å². The number of ether oxygens (including phenoxy) is 2. The first-order valence-electron chi connectivity index (χ1n) is 14.4. The molecule has 10 heteroatoms. The molecular formula is C34H35N5O5. The molecule has 0 bridgehead atoms. The average molecular weight is 594 g/mol. The SMILES string of the molecule is CCOc1cc(C)c(-c2nc3ccccc3c(=O)n2N=Cc2cc(C)n(-c3ccc([N+](=O)[O-])cc3OC)c2C)cc1C(C)C. The van der Waals surface area contributed by atoms with Gasteiger partial charge in [-0.05, 0) is 81.1 Å². The van der Waals surface area contributed by atoms with E-state index in [2.05, 4.69) is 13.8 Å². The van der Waals surface area contributed by atoms with Crippen LogP contribution in [0.5, 0.6) is 11.5 Å². The van der Waals surface area contributed by atoms with Crippen molar-refractivity contribution in [2.75, 3.05) is 13.7 Å². The van der Waals surface area contributed by atoms with E-state index >= 15 is 0 Å². The Balaban J connectivity index is 1.68. The molecule has 0 aliphatic carbocycles. The molecule has 5 aromatic rings. The number of non-ortho nitro benzene ring substituents is 1. The van der Waals surface area contributed by atoms with Crippen molar-refractivity contribution in [3.05, 3.63) is 109 Å². The number of methoxy groups -OCH3 is 1. The number of nitro benzene ring substituents is 1. The first-order valence-corrected chi connectivity index (χ1v) is 14.4. The Morgan fingerprint density at radius 3 is 2.48 bits per heavy atom. The van der Waals surface area contributed by atoms with E-state index in [0.717, 1.165) is 39.4 Å². The third-order valence-corrected chi connectivity index (χ3v) is 7.67. The quantitative estimate of drug-likeness (QED) is 0.102. The van der Waals surface area contributed by atoms with E-state index in [1.165, 1.54) is 23.9 Å². The summed E-state index contributed by atoms with van der Waals surface area (Å²) in [7, 11) is 1.48. The number of aryl methyl sites for hydroxylation is 2. The molecule has 0 spiro atoms. The summed E-state index contributed by atoms with van der Waals surface area (Å²) >= 11 is 0. The molecule has 44 heavy (non-hydrogen) atoms. The van der Waals surface area contributed by atoms with Crippen LogP contribution in [-0.4, -0.2) is 39.1 Å². The summed E-state index contributed by atoms with van der Waals surface area (Å²) in [6, 6.07) is 17.7. The standard InChI is InChI=1S/C34H35N5O5/c1-8-44-31-15-21(4)28(18-27(31)20(2)3)33-36-29-12-10-9-11-26(29)34(40)38(33)35-19-24-16-22(5)37(23(24)6)30-14-13-25(39(41)42)17-32(30)43-7/h9-20H,8H2,1-7H3. The predicted molar refractivity (Wildman–Crippen MR) is 173 cm³/mol. The maximum atomic E-state index is 13.9. The van der Waals surface area contributed by atoms with Gasteiger partial charge in [-0.3, -0.25) is 14.9 Å². The Morgan fingerprint density at radius 2 is 1.80 bits per heavy atom. The van der Waals surface area contributed by atoms with Crippen molar-refractivity contribution in [2.24, 2.45) is 5.10 Å². The van der Waals surface area contributed by atoms with E-state index < -0.39 is 4.92 Å². The van der Waals surface area contributed by atoms with Crippen LogP contribution >= 0.6 is 0 Å². The van der Waals surface area contributed by atoms with Gasteiger partial charge in [0, 0.05) is 28.6 Å². The molecule has 5 rings (SSSR count). The minimum atomic E-state index is -0.455. The van der Waals surface area contributed by atoms with Gasteiger partial charge in [0.1, 0.15) is 11.5 Å². The van der Waals surface area contributed by atoms with Gasteiger partial charge in [-0.1, -0.05) is 26.0 Å². The second kappa shape index (κ2) is 12.2. The first kappa shape index (κ1) is 30.2. The highest BCUT2D eigenvalue weighted by Gasteiger charge is 2.20. The van der Waals surface area contributed by atoms with E-state index in [1.54, 1.807) is 18.3 Å². The van der Waals surface area contributed by atoms with Crippen molar-refractivity contribution in [1.82, 2.24) is 14.2 Å². The zero-order valence-electron chi connectivity index (χ0n) is 25.9. The molecule has 0 amide bonds. The van der Waals surface area contributed by atoms with Crippen LogP contribution in [0.25, 0.3) is 28.0 Å². The number of hydrogen-bond donors (Lipinski definition) is 0. The molecule has 2 heterocycles. The van der Waals surface area contributed by atoms with Gasteiger partial charge in [0.25, 0.3) is 11.2 Å². The molecule has 0 aliphatic rings. The number of nitrogens with zero attached hydrogens (tertiary/aromatic N) is 5. The Hall–Kier alpha value is -5.25. The molecule has 0 radical (unpaired) electrons. The highest BCUT2D eigenvalue weighted by atomic mass is 16.6. The first-order chi connectivity index (χ1) is 21.0. The van der Waals surface area contributed by atoms with Gasteiger partial charge in [0.2, 0.25) is 0 Å². The second-order valence-electron chi connectivity index (χ2n) is 10.9. The van der Waals surface area contributed by atoms with Crippen LogP contribution in [-0.2, 0) is 0 Å². The largest absolute Gasteiger partial charge is 0.494 e. The van der Waals surface area contributed by atoms with Crippen molar-refractivity contribution in [1.29, 1.82) is 0 Å². The molecule has 0 saturated heterocycles. The molecule has 0 aliphatic heterocycles. The van der Waals surface area contributed by atoms with E-state index in [-0.39, 0.29) is 17.2 Å². The Bertz CT molecular complexity index is 1990. The smallest absolute Gasteiger partial charge is 0.282 e. The maximum absolute atomic E-state index is 13.9. The minimum absolute atomic E-state index is 0.0595. The zero-order valence-corrected chi connectivity index (χ0v) is 25.9. The number of benzene rings is 3. The lowest BCUT2D eigenvalue weighted by Gasteiger charge is -2.18. The topological polar surface area (TPSA) is 114 Å². The van der Waals surface area contributed by atoms with Crippen LogP contribution in [0.15, 0.2) is 70.6 Å². The van der Waals surface area contributed by atoms with E-state index in [9.17, 15) is 14.9 Å². The number of hydrogen-bond acceptors (Lipinski definition) is 7. The summed E-state index contributed by atoms with van der Waals surface area (Å²) in [5, 5.41) is 16.5. The van der Waals surface area contributed by atoms with Crippen molar-refractivity contribution in [2.45, 2.75) is 47.5 Å². The molecule has 0 N–H and O–H groups in total. The van der Waals surface area contributed by atoms with Crippen molar-refractivity contribution >= 4 is 22.8 Å². The molecule has 3 aromatic carbocycles. The molecule has 0 saturated carbocycles. The molecule has 0 atom stereocenters. The normalized spacial score (nSPS) is 11.5. The number of rotatable bonds is 9. The number of fused-ring (bicyclic) bond motifs is 1.